The molecule has 26 heavy (non-hydrogen) atoms. The SMILES string of the molecule is COC(=O)c1ccccc1N=Nc1c(C)c(C#N)c(O)n(CCO)c1=O. The maximum Gasteiger partial charge on any atom is 0.340 e. The second-order valence-corrected chi connectivity index (χ2v) is 5.17. The van der Waals surface area contributed by atoms with E-state index in [-0.39, 0.29) is 34.6 Å². The number of aliphatic hydroxyl groups is 1. The minimum atomic E-state index is -0.715. The van der Waals surface area contributed by atoms with Gasteiger partial charge in [-0.1, -0.05) is 12.1 Å². The smallest absolute Gasteiger partial charge is 0.340 e. The molecule has 0 radical (unpaired) electrons. The highest BCUT2D eigenvalue weighted by molar-refractivity contribution is 5.94. The Morgan fingerprint density at radius 1 is 1.35 bits per heavy atom. The van der Waals surface area contributed by atoms with Crippen molar-refractivity contribution in [3.05, 3.63) is 51.3 Å². The summed E-state index contributed by atoms with van der Waals surface area (Å²) in [6, 6.07) is 8.07. The Morgan fingerprint density at radius 2 is 2.04 bits per heavy atom. The van der Waals surface area contributed by atoms with Gasteiger partial charge >= 0.3 is 5.97 Å². The number of aliphatic hydroxyl groups excluding tert-OH is 1. The molecule has 9 heteroatoms. The highest BCUT2D eigenvalue weighted by Gasteiger charge is 2.19. The molecule has 0 amide bonds. The first-order valence-electron chi connectivity index (χ1n) is 7.52. The number of benzene rings is 1. The lowest BCUT2D eigenvalue weighted by Crippen LogP contribution is -2.23. The molecule has 0 atom stereocenters. The maximum atomic E-state index is 12.5. The molecule has 1 aromatic heterocycles. The molecule has 1 aromatic carbocycles. The van der Waals surface area contributed by atoms with Crippen molar-refractivity contribution in [2.45, 2.75) is 13.5 Å². The quantitative estimate of drug-likeness (QED) is 0.620. The lowest BCUT2D eigenvalue weighted by molar-refractivity contribution is 0.0601. The number of aromatic hydroxyl groups is 1. The third kappa shape index (κ3) is 3.45. The van der Waals surface area contributed by atoms with E-state index in [0.717, 1.165) is 4.57 Å². The number of rotatable bonds is 5. The number of carbonyl (C=O) groups is 1. The molecule has 134 valence electrons. The van der Waals surface area contributed by atoms with E-state index >= 15 is 0 Å². The molecular weight excluding hydrogens is 340 g/mol. The number of methoxy groups -OCH3 is 1. The van der Waals surface area contributed by atoms with Crippen molar-refractivity contribution in [2.24, 2.45) is 10.2 Å². The molecule has 2 aromatic rings. The van der Waals surface area contributed by atoms with E-state index < -0.39 is 24.0 Å². The minimum Gasteiger partial charge on any atom is -0.493 e. The Bertz CT molecular complexity index is 972. The molecule has 0 fully saturated rings. The number of pyridine rings is 1. The predicted octanol–water partition coefficient (Wildman–Crippen LogP) is 1.93. The number of nitriles is 1. The number of carbonyl (C=O) groups excluding carboxylic acids is 1. The lowest BCUT2D eigenvalue weighted by Gasteiger charge is -2.11. The topological polar surface area (TPSA) is 137 Å². The first-order valence-corrected chi connectivity index (χ1v) is 7.52. The maximum absolute atomic E-state index is 12.5. The van der Waals surface area contributed by atoms with Crippen molar-refractivity contribution in [1.29, 1.82) is 5.26 Å². The van der Waals surface area contributed by atoms with Gasteiger partial charge in [0.25, 0.3) is 5.56 Å². The van der Waals surface area contributed by atoms with Gasteiger partial charge in [-0.2, -0.15) is 5.26 Å². The van der Waals surface area contributed by atoms with Crippen LogP contribution in [0.15, 0.2) is 39.3 Å². The van der Waals surface area contributed by atoms with Gasteiger partial charge in [-0.15, -0.1) is 10.2 Å². The zero-order chi connectivity index (χ0) is 19.3. The first kappa shape index (κ1) is 18.8. The van der Waals surface area contributed by atoms with E-state index in [1.807, 2.05) is 0 Å². The van der Waals surface area contributed by atoms with Crippen LogP contribution in [-0.2, 0) is 11.3 Å². The van der Waals surface area contributed by atoms with Crippen LogP contribution >= 0.6 is 0 Å². The summed E-state index contributed by atoms with van der Waals surface area (Å²) in [5.74, 6) is -1.16. The fourth-order valence-electron chi connectivity index (χ4n) is 2.31. The van der Waals surface area contributed by atoms with Crippen molar-refractivity contribution in [1.82, 2.24) is 4.57 Å². The average molecular weight is 356 g/mol. The highest BCUT2D eigenvalue weighted by Crippen LogP contribution is 2.27. The number of ether oxygens (including phenoxy) is 1. The van der Waals surface area contributed by atoms with Crippen LogP contribution in [0.1, 0.15) is 21.5 Å². The summed E-state index contributed by atoms with van der Waals surface area (Å²) in [4.78, 5) is 24.3. The summed E-state index contributed by atoms with van der Waals surface area (Å²) in [5, 5.41) is 36.1. The number of azo groups is 1. The first-order chi connectivity index (χ1) is 12.5. The number of nitrogens with zero attached hydrogens (tertiary/aromatic N) is 4. The van der Waals surface area contributed by atoms with E-state index in [1.165, 1.54) is 26.2 Å². The van der Waals surface area contributed by atoms with Crippen LogP contribution in [0, 0.1) is 18.3 Å². The summed E-state index contributed by atoms with van der Waals surface area (Å²) in [7, 11) is 1.23. The second-order valence-electron chi connectivity index (χ2n) is 5.17. The van der Waals surface area contributed by atoms with Gasteiger partial charge in [0.05, 0.1) is 25.8 Å². The van der Waals surface area contributed by atoms with Crippen molar-refractivity contribution in [3.8, 4) is 11.9 Å². The van der Waals surface area contributed by atoms with E-state index in [9.17, 15) is 20.0 Å². The van der Waals surface area contributed by atoms with Gasteiger partial charge in [0, 0.05) is 5.56 Å². The van der Waals surface area contributed by atoms with Crippen molar-refractivity contribution < 1.29 is 19.7 Å². The summed E-state index contributed by atoms with van der Waals surface area (Å²) < 4.78 is 5.51. The van der Waals surface area contributed by atoms with Crippen LogP contribution in [-0.4, -0.2) is 34.5 Å². The predicted molar refractivity (Wildman–Crippen MR) is 90.9 cm³/mol. The Kier molecular flexibility index (Phi) is 5.82. The molecule has 0 saturated heterocycles. The van der Waals surface area contributed by atoms with Gasteiger partial charge in [0.15, 0.2) is 5.69 Å². The number of hydrogen-bond donors (Lipinski definition) is 2. The van der Waals surface area contributed by atoms with Gasteiger partial charge in [-0.25, -0.2) is 4.79 Å². The molecule has 0 spiro atoms. The molecule has 0 bridgehead atoms. The van der Waals surface area contributed by atoms with Crippen LogP contribution in [0.2, 0.25) is 0 Å². The normalized spacial score (nSPS) is 10.7. The van der Waals surface area contributed by atoms with Crippen molar-refractivity contribution in [2.75, 3.05) is 13.7 Å². The van der Waals surface area contributed by atoms with Crippen molar-refractivity contribution in [3.63, 3.8) is 0 Å². The lowest BCUT2D eigenvalue weighted by atomic mass is 10.1. The van der Waals surface area contributed by atoms with Gasteiger partial charge < -0.3 is 14.9 Å². The molecule has 0 aliphatic carbocycles. The van der Waals surface area contributed by atoms with Gasteiger partial charge in [0.1, 0.15) is 17.3 Å². The minimum absolute atomic E-state index is 0.142. The van der Waals surface area contributed by atoms with Crippen LogP contribution in [0.4, 0.5) is 11.4 Å². The Labute approximate surface area is 148 Å². The Hall–Kier alpha value is -3.51. The number of aromatic nitrogens is 1. The molecule has 0 aliphatic heterocycles. The summed E-state index contributed by atoms with van der Waals surface area (Å²) in [6.45, 7) is 0.827. The zero-order valence-electron chi connectivity index (χ0n) is 14.1. The average Bonchev–Trinajstić information content (AvgIpc) is 2.65. The highest BCUT2D eigenvalue weighted by atomic mass is 16.5. The van der Waals surface area contributed by atoms with E-state index in [2.05, 4.69) is 15.0 Å². The standard InChI is InChI=1S/C17H16N4O5/c1-10-12(9-18)15(23)21(7-8-22)16(24)14(10)20-19-13-6-4-3-5-11(13)17(25)26-2/h3-6,22-23H,7-8H2,1-2H3. The Balaban J connectivity index is 2.63. The summed E-state index contributed by atoms with van der Waals surface area (Å²) >= 11 is 0. The van der Waals surface area contributed by atoms with E-state index in [1.54, 1.807) is 18.2 Å². The Morgan fingerprint density at radius 3 is 2.65 bits per heavy atom. The summed E-state index contributed by atoms with van der Waals surface area (Å²) in [5.41, 5.74) is -0.554. The second kappa shape index (κ2) is 8.04. The molecule has 2 N–H and O–H groups in total. The van der Waals surface area contributed by atoms with E-state index in [4.69, 9.17) is 5.11 Å². The molecule has 0 unspecified atom stereocenters. The number of hydrogen-bond acceptors (Lipinski definition) is 8. The van der Waals surface area contributed by atoms with Crippen LogP contribution in [0.3, 0.4) is 0 Å². The molecule has 0 aliphatic rings. The third-order valence-electron chi connectivity index (χ3n) is 3.66. The summed E-state index contributed by atoms with van der Waals surface area (Å²) in [6.07, 6.45) is 0. The van der Waals surface area contributed by atoms with Crippen LogP contribution in [0.5, 0.6) is 5.88 Å². The largest absolute Gasteiger partial charge is 0.493 e. The molecule has 2 rings (SSSR count). The van der Waals surface area contributed by atoms with E-state index in [0.29, 0.717) is 0 Å². The van der Waals surface area contributed by atoms with Gasteiger partial charge in [-0.05, 0) is 19.1 Å². The molecular formula is C17H16N4O5. The van der Waals surface area contributed by atoms with Crippen molar-refractivity contribution >= 4 is 17.3 Å². The molecule has 1 heterocycles. The zero-order valence-corrected chi connectivity index (χ0v) is 14.1. The van der Waals surface area contributed by atoms with Gasteiger partial charge in [0.2, 0.25) is 5.88 Å². The molecule has 0 saturated carbocycles. The fourth-order valence-corrected chi connectivity index (χ4v) is 2.31. The molecule has 9 nitrogen and oxygen atoms in total. The van der Waals surface area contributed by atoms with Crippen LogP contribution < -0.4 is 5.56 Å². The van der Waals surface area contributed by atoms with Crippen LogP contribution in [0.25, 0.3) is 0 Å². The number of esters is 1. The van der Waals surface area contributed by atoms with Gasteiger partial charge in [-0.3, -0.25) is 9.36 Å². The monoisotopic (exact) mass is 356 g/mol. The third-order valence-corrected chi connectivity index (χ3v) is 3.66. The fraction of sp³-hybridized carbons (Fsp3) is 0.235.